The highest BCUT2D eigenvalue weighted by molar-refractivity contribution is 7.15. The number of aromatic nitrogens is 2. The number of nitrogens with one attached hydrogen (secondary N) is 1. The van der Waals surface area contributed by atoms with Gasteiger partial charge >= 0.3 is 0 Å². The smallest absolute Gasteiger partial charge is 0.223 e. The highest BCUT2D eigenvalue weighted by Crippen LogP contribution is 2.28. The topological polar surface area (TPSA) is 54.9 Å². The lowest BCUT2D eigenvalue weighted by Gasteiger charge is -2.23. The molecule has 5 heteroatoms. The maximum atomic E-state index is 11.8. The zero-order valence-electron chi connectivity index (χ0n) is 12.1. The van der Waals surface area contributed by atoms with E-state index in [1.165, 1.54) is 11.3 Å². The highest BCUT2D eigenvalue weighted by Gasteiger charge is 2.24. The van der Waals surface area contributed by atoms with E-state index in [0.29, 0.717) is 6.54 Å². The van der Waals surface area contributed by atoms with Gasteiger partial charge in [-0.3, -0.25) is 9.78 Å². The molecule has 4 nitrogen and oxygen atoms in total. The van der Waals surface area contributed by atoms with Gasteiger partial charge in [-0.1, -0.05) is 6.42 Å². The Balaban J connectivity index is 1.58. The predicted molar refractivity (Wildman–Crippen MR) is 84.1 cm³/mol. The first kappa shape index (κ1) is 14.2. The molecule has 0 saturated heterocycles. The molecule has 1 amide bonds. The fourth-order valence-corrected chi connectivity index (χ4v) is 3.46. The average molecular weight is 301 g/mol. The number of carbonyl (C=O) groups excluding carboxylic acids is 1. The van der Waals surface area contributed by atoms with Crippen molar-refractivity contribution in [2.24, 2.45) is 5.92 Å². The van der Waals surface area contributed by atoms with Crippen LogP contribution in [0.3, 0.4) is 0 Å². The van der Waals surface area contributed by atoms with Crippen molar-refractivity contribution in [3.8, 4) is 10.6 Å². The van der Waals surface area contributed by atoms with Gasteiger partial charge in [0.2, 0.25) is 5.91 Å². The summed E-state index contributed by atoms with van der Waals surface area (Å²) in [6.07, 6.45) is 7.72. The van der Waals surface area contributed by atoms with Crippen molar-refractivity contribution in [1.82, 2.24) is 15.3 Å². The molecule has 1 aliphatic rings. The molecule has 1 saturated carbocycles. The summed E-state index contributed by atoms with van der Waals surface area (Å²) in [6, 6.07) is 3.95. The van der Waals surface area contributed by atoms with Crippen LogP contribution in [-0.4, -0.2) is 22.4 Å². The highest BCUT2D eigenvalue weighted by atomic mass is 32.1. The number of thiazole rings is 1. The Bertz CT molecular complexity index is 620. The van der Waals surface area contributed by atoms with Crippen molar-refractivity contribution in [2.75, 3.05) is 6.54 Å². The first-order valence-electron chi connectivity index (χ1n) is 7.38. The van der Waals surface area contributed by atoms with Crippen molar-refractivity contribution in [1.29, 1.82) is 0 Å². The van der Waals surface area contributed by atoms with E-state index in [2.05, 4.69) is 15.3 Å². The molecule has 0 aliphatic heterocycles. The molecule has 0 aromatic carbocycles. The number of rotatable bonds is 5. The van der Waals surface area contributed by atoms with E-state index in [1.54, 1.807) is 23.7 Å². The van der Waals surface area contributed by atoms with Crippen molar-refractivity contribution in [3.63, 3.8) is 0 Å². The molecule has 110 valence electrons. The van der Waals surface area contributed by atoms with Gasteiger partial charge in [-0.15, -0.1) is 11.3 Å². The Morgan fingerprint density at radius 2 is 2.14 bits per heavy atom. The van der Waals surface area contributed by atoms with E-state index < -0.39 is 0 Å². The van der Waals surface area contributed by atoms with Gasteiger partial charge < -0.3 is 5.32 Å². The van der Waals surface area contributed by atoms with E-state index >= 15 is 0 Å². The van der Waals surface area contributed by atoms with Gasteiger partial charge in [0.05, 0.1) is 5.69 Å². The second-order valence-corrected chi connectivity index (χ2v) is 6.52. The van der Waals surface area contributed by atoms with Crippen LogP contribution in [0.1, 0.15) is 29.8 Å². The van der Waals surface area contributed by atoms with Crippen LogP contribution in [0.4, 0.5) is 0 Å². The minimum absolute atomic E-state index is 0.220. The van der Waals surface area contributed by atoms with E-state index in [4.69, 9.17) is 0 Å². The van der Waals surface area contributed by atoms with Gasteiger partial charge in [0, 0.05) is 41.7 Å². The SMILES string of the molecule is Cc1nc(-c2ccncc2)sc1CCNC(=O)C1CCC1. The number of pyridine rings is 1. The minimum atomic E-state index is 0.220. The molecule has 1 N–H and O–H groups in total. The zero-order chi connectivity index (χ0) is 14.7. The molecule has 0 bridgehead atoms. The van der Waals surface area contributed by atoms with Gasteiger partial charge in [-0.25, -0.2) is 4.98 Å². The Morgan fingerprint density at radius 3 is 2.81 bits per heavy atom. The second-order valence-electron chi connectivity index (χ2n) is 5.43. The molecular formula is C16H19N3OS. The molecule has 0 spiro atoms. The second kappa shape index (κ2) is 6.35. The summed E-state index contributed by atoms with van der Waals surface area (Å²) in [7, 11) is 0. The molecule has 2 heterocycles. The fraction of sp³-hybridized carbons (Fsp3) is 0.438. The first-order chi connectivity index (χ1) is 10.2. The third-order valence-electron chi connectivity index (χ3n) is 3.95. The molecule has 1 fully saturated rings. The predicted octanol–water partition coefficient (Wildman–Crippen LogP) is 2.97. The van der Waals surface area contributed by atoms with Crippen LogP contribution in [0.15, 0.2) is 24.5 Å². The van der Waals surface area contributed by atoms with Crippen molar-refractivity contribution >= 4 is 17.2 Å². The Kier molecular flexibility index (Phi) is 4.29. The largest absolute Gasteiger partial charge is 0.356 e. The average Bonchev–Trinajstić information content (AvgIpc) is 2.79. The molecule has 2 aromatic rings. The van der Waals surface area contributed by atoms with Crippen LogP contribution in [-0.2, 0) is 11.2 Å². The third-order valence-corrected chi connectivity index (χ3v) is 5.21. The summed E-state index contributed by atoms with van der Waals surface area (Å²) in [5.74, 6) is 0.484. The summed E-state index contributed by atoms with van der Waals surface area (Å²) < 4.78 is 0. The molecule has 3 rings (SSSR count). The standard InChI is InChI=1S/C16H19N3OS/c1-11-14(7-10-18-15(20)12-3-2-4-12)21-16(19-11)13-5-8-17-9-6-13/h5-6,8-9,12H,2-4,7,10H2,1H3,(H,18,20). The van der Waals surface area contributed by atoms with Crippen molar-refractivity contribution < 1.29 is 4.79 Å². The summed E-state index contributed by atoms with van der Waals surface area (Å²) in [5.41, 5.74) is 2.16. The number of hydrogen-bond acceptors (Lipinski definition) is 4. The molecule has 21 heavy (non-hydrogen) atoms. The van der Waals surface area contributed by atoms with Crippen molar-refractivity contribution in [2.45, 2.75) is 32.6 Å². The Hall–Kier alpha value is -1.75. The Labute approximate surface area is 128 Å². The summed E-state index contributed by atoms with van der Waals surface area (Å²) >= 11 is 1.70. The lowest BCUT2D eigenvalue weighted by Crippen LogP contribution is -2.35. The van der Waals surface area contributed by atoms with E-state index in [1.807, 2.05) is 19.1 Å². The van der Waals surface area contributed by atoms with E-state index in [-0.39, 0.29) is 11.8 Å². The summed E-state index contributed by atoms with van der Waals surface area (Å²) in [5, 5.41) is 4.06. The summed E-state index contributed by atoms with van der Waals surface area (Å²) in [4.78, 5) is 21.7. The van der Waals surface area contributed by atoms with Crippen LogP contribution in [0.25, 0.3) is 10.6 Å². The summed E-state index contributed by atoms with van der Waals surface area (Å²) in [6.45, 7) is 2.73. The van der Waals surface area contributed by atoms with Crippen LogP contribution >= 0.6 is 11.3 Å². The maximum Gasteiger partial charge on any atom is 0.223 e. The van der Waals surface area contributed by atoms with Crippen LogP contribution in [0.2, 0.25) is 0 Å². The maximum absolute atomic E-state index is 11.8. The number of carbonyl (C=O) groups is 1. The minimum Gasteiger partial charge on any atom is -0.356 e. The quantitative estimate of drug-likeness (QED) is 0.923. The van der Waals surface area contributed by atoms with Crippen LogP contribution in [0.5, 0.6) is 0 Å². The van der Waals surface area contributed by atoms with Gasteiger partial charge in [0.1, 0.15) is 5.01 Å². The Morgan fingerprint density at radius 1 is 1.38 bits per heavy atom. The molecule has 0 unspecified atom stereocenters. The normalized spacial score (nSPS) is 14.7. The number of nitrogens with zero attached hydrogens (tertiary/aromatic N) is 2. The van der Waals surface area contributed by atoms with Crippen LogP contribution < -0.4 is 5.32 Å². The van der Waals surface area contributed by atoms with Gasteiger partial charge in [-0.2, -0.15) is 0 Å². The molecule has 1 aliphatic carbocycles. The lowest BCUT2D eigenvalue weighted by molar-refractivity contribution is -0.127. The number of hydrogen-bond donors (Lipinski definition) is 1. The molecule has 0 atom stereocenters. The van der Waals surface area contributed by atoms with E-state index in [0.717, 1.165) is 35.5 Å². The zero-order valence-corrected chi connectivity index (χ0v) is 12.9. The first-order valence-corrected chi connectivity index (χ1v) is 8.20. The number of aryl methyl sites for hydroxylation is 1. The third kappa shape index (κ3) is 3.29. The van der Waals surface area contributed by atoms with Crippen molar-refractivity contribution in [3.05, 3.63) is 35.1 Å². The van der Waals surface area contributed by atoms with Gasteiger partial charge in [-0.05, 0) is 31.9 Å². The lowest BCUT2D eigenvalue weighted by atomic mass is 9.85. The molecular weight excluding hydrogens is 282 g/mol. The van der Waals surface area contributed by atoms with Crippen LogP contribution in [0, 0.1) is 12.8 Å². The van der Waals surface area contributed by atoms with E-state index in [9.17, 15) is 4.79 Å². The fourth-order valence-electron chi connectivity index (χ4n) is 2.39. The number of amides is 1. The molecule has 0 radical (unpaired) electrons. The van der Waals surface area contributed by atoms with Gasteiger partial charge in [0.15, 0.2) is 0 Å². The monoisotopic (exact) mass is 301 g/mol. The molecule has 2 aromatic heterocycles. The van der Waals surface area contributed by atoms with Gasteiger partial charge in [0.25, 0.3) is 0 Å².